The van der Waals surface area contributed by atoms with E-state index in [0.29, 0.717) is 11.5 Å². The topological polar surface area (TPSA) is 60.7 Å². The molecule has 3 N–H and O–H groups in total. The highest BCUT2D eigenvalue weighted by Crippen LogP contribution is 2.40. The second kappa shape index (κ2) is 7.24. The van der Waals surface area contributed by atoms with Gasteiger partial charge in [-0.05, 0) is 27.5 Å². The standard InChI is InChI=1S/C18H30O3S/c1-17(2,3)14-7-12(10-22-11-13(20)9-19)8-15(16(14)21)18(4,5)6/h7-8,13,19-21H,9-11H2,1-6H3. The van der Waals surface area contributed by atoms with Gasteiger partial charge in [0.2, 0.25) is 0 Å². The van der Waals surface area contributed by atoms with Gasteiger partial charge in [0.1, 0.15) is 5.75 Å². The number of aliphatic hydroxyl groups excluding tert-OH is 2. The predicted octanol–water partition coefficient (Wildman–Crippen LogP) is 3.57. The lowest BCUT2D eigenvalue weighted by molar-refractivity contribution is 0.113. The van der Waals surface area contributed by atoms with Gasteiger partial charge in [-0.15, -0.1) is 0 Å². The van der Waals surface area contributed by atoms with Crippen molar-refractivity contribution in [3.8, 4) is 5.75 Å². The van der Waals surface area contributed by atoms with Crippen LogP contribution in [0.1, 0.15) is 58.2 Å². The third-order valence-electron chi connectivity index (χ3n) is 3.58. The Morgan fingerprint density at radius 2 is 1.45 bits per heavy atom. The molecule has 0 bridgehead atoms. The van der Waals surface area contributed by atoms with Gasteiger partial charge in [-0.25, -0.2) is 0 Å². The summed E-state index contributed by atoms with van der Waals surface area (Å²) in [5.74, 6) is 1.65. The number of phenolic OH excluding ortho intramolecular Hbond substituents is 1. The summed E-state index contributed by atoms with van der Waals surface area (Å²) < 4.78 is 0. The zero-order chi connectivity index (χ0) is 17.1. The minimum absolute atomic E-state index is 0.130. The van der Waals surface area contributed by atoms with E-state index in [1.54, 1.807) is 11.8 Å². The normalized spacial score (nSPS) is 14.2. The number of phenols is 1. The van der Waals surface area contributed by atoms with Gasteiger partial charge in [-0.2, -0.15) is 11.8 Å². The van der Waals surface area contributed by atoms with Gasteiger partial charge in [0.05, 0.1) is 12.7 Å². The molecule has 0 aliphatic heterocycles. The molecule has 0 heterocycles. The number of aromatic hydroxyl groups is 1. The highest BCUT2D eigenvalue weighted by Gasteiger charge is 2.26. The van der Waals surface area contributed by atoms with E-state index >= 15 is 0 Å². The van der Waals surface area contributed by atoms with Crippen molar-refractivity contribution < 1.29 is 15.3 Å². The van der Waals surface area contributed by atoms with Crippen LogP contribution in [0, 0.1) is 0 Å². The molecule has 0 aliphatic carbocycles. The van der Waals surface area contributed by atoms with Crippen molar-refractivity contribution in [3.05, 3.63) is 28.8 Å². The maximum absolute atomic E-state index is 10.7. The van der Waals surface area contributed by atoms with Gasteiger partial charge in [-0.3, -0.25) is 0 Å². The molecule has 0 aromatic heterocycles. The lowest BCUT2D eigenvalue weighted by Gasteiger charge is -2.28. The molecule has 1 rings (SSSR count). The van der Waals surface area contributed by atoms with Crippen LogP contribution in [0.25, 0.3) is 0 Å². The summed E-state index contributed by atoms with van der Waals surface area (Å²) in [6.07, 6.45) is -0.675. The minimum Gasteiger partial charge on any atom is -0.507 e. The van der Waals surface area contributed by atoms with E-state index in [1.165, 1.54) is 0 Å². The fourth-order valence-corrected chi connectivity index (χ4v) is 3.18. The van der Waals surface area contributed by atoms with Gasteiger partial charge in [-0.1, -0.05) is 53.7 Å². The maximum atomic E-state index is 10.7. The van der Waals surface area contributed by atoms with Crippen molar-refractivity contribution in [1.82, 2.24) is 0 Å². The Hall–Kier alpha value is -0.710. The van der Waals surface area contributed by atoms with Crippen LogP contribution >= 0.6 is 11.8 Å². The average molecular weight is 327 g/mol. The van der Waals surface area contributed by atoms with Gasteiger partial charge >= 0.3 is 0 Å². The number of aliphatic hydroxyl groups is 2. The van der Waals surface area contributed by atoms with Crippen molar-refractivity contribution in [2.75, 3.05) is 12.4 Å². The van der Waals surface area contributed by atoms with Gasteiger partial charge in [0.15, 0.2) is 0 Å². The van der Waals surface area contributed by atoms with Gasteiger partial charge in [0, 0.05) is 11.5 Å². The third kappa shape index (κ3) is 5.18. The lowest BCUT2D eigenvalue weighted by Crippen LogP contribution is -2.18. The monoisotopic (exact) mass is 326 g/mol. The highest BCUT2D eigenvalue weighted by molar-refractivity contribution is 7.98. The number of hydrogen-bond donors (Lipinski definition) is 3. The van der Waals surface area contributed by atoms with E-state index in [2.05, 4.69) is 53.7 Å². The van der Waals surface area contributed by atoms with Crippen molar-refractivity contribution in [2.45, 2.75) is 64.2 Å². The lowest BCUT2D eigenvalue weighted by atomic mass is 9.78. The summed E-state index contributed by atoms with van der Waals surface area (Å²) in [6.45, 7) is 12.4. The van der Waals surface area contributed by atoms with E-state index in [0.717, 1.165) is 22.4 Å². The first-order chi connectivity index (χ1) is 9.96. The molecule has 0 fully saturated rings. The van der Waals surface area contributed by atoms with Crippen molar-refractivity contribution in [3.63, 3.8) is 0 Å². The SMILES string of the molecule is CC(C)(C)c1cc(CSCC(O)CO)cc(C(C)(C)C)c1O. The summed E-state index contributed by atoms with van der Waals surface area (Å²) in [5.41, 5.74) is 2.80. The number of thioether (sulfide) groups is 1. The van der Waals surface area contributed by atoms with E-state index in [9.17, 15) is 10.2 Å². The molecule has 126 valence electrons. The van der Waals surface area contributed by atoms with E-state index in [1.807, 2.05) is 0 Å². The molecule has 1 unspecified atom stereocenters. The van der Waals surface area contributed by atoms with Crippen LogP contribution in [0.3, 0.4) is 0 Å². The first-order valence-corrected chi connectivity index (χ1v) is 8.85. The molecule has 1 aromatic rings. The Morgan fingerprint density at radius 3 is 1.82 bits per heavy atom. The zero-order valence-corrected chi connectivity index (χ0v) is 15.4. The molecule has 0 amide bonds. The Morgan fingerprint density at radius 1 is 1.00 bits per heavy atom. The molecule has 1 atom stereocenters. The molecule has 3 nitrogen and oxygen atoms in total. The van der Waals surface area contributed by atoms with Crippen LogP contribution < -0.4 is 0 Å². The largest absolute Gasteiger partial charge is 0.507 e. The highest BCUT2D eigenvalue weighted by atomic mass is 32.2. The summed E-state index contributed by atoms with van der Waals surface area (Å²) >= 11 is 1.59. The van der Waals surface area contributed by atoms with Crippen LogP contribution in [-0.4, -0.2) is 33.8 Å². The van der Waals surface area contributed by atoms with Gasteiger partial charge < -0.3 is 15.3 Å². The molecule has 0 saturated heterocycles. The summed E-state index contributed by atoms with van der Waals surface area (Å²) in [7, 11) is 0. The van der Waals surface area contributed by atoms with Gasteiger partial charge in [0.25, 0.3) is 0 Å². The predicted molar refractivity (Wildman–Crippen MR) is 94.8 cm³/mol. The van der Waals surface area contributed by atoms with Crippen LogP contribution in [0.5, 0.6) is 5.75 Å². The van der Waals surface area contributed by atoms with Crippen molar-refractivity contribution in [2.24, 2.45) is 0 Å². The Bertz CT molecular complexity index is 463. The molecule has 0 radical (unpaired) electrons. The first-order valence-electron chi connectivity index (χ1n) is 7.70. The van der Waals surface area contributed by atoms with Crippen LogP contribution in [-0.2, 0) is 16.6 Å². The summed E-state index contributed by atoms with van der Waals surface area (Å²) in [4.78, 5) is 0. The molecule has 0 saturated carbocycles. The van der Waals surface area contributed by atoms with E-state index in [-0.39, 0.29) is 17.4 Å². The second-order valence-electron chi connectivity index (χ2n) is 7.89. The van der Waals surface area contributed by atoms with Crippen LogP contribution in [0.4, 0.5) is 0 Å². The van der Waals surface area contributed by atoms with Crippen molar-refractivity contribution >= 4 is 11.8 Å². The fraction of sp³-hybridized carbons (Fsp3) is 0.667. The van der Waals surface area contributed by atoms with Crippen LogP contribution in [0.15, 0.2) is 12.1 Å². The number of hydrogen-bond acceptors (Lipinski definition) is 4. The molecular weight excluding hydrogens is 296 g/mol. The molecule has 0 spiro atoms. The third-order valence-corrected chi connectivity index (χ3v) is 4.73. The zero-order valence-electron chi connectivity index (χ0n) is 14.6. The minimum atomic E-state index is -0.675. The number of benzene rings is 1. The molecule has 4 heteroatoms. The molecule has 1 aromatic carbocycles. The first kappa shape index (κ1) is 19.3. The molecular formula is C18H30O3S. The van der Waals surface area contributed by atoms with Crippen LogP contribution in [0.2, 0.25) is 0 Å². The maximum Gasteiger partial charge on any atom is 0.123 e. The quantitative estimate of drug-likeness (QED) is 0.774. The summed E-state index contributed by atoms with van der Waals surface area (Å²) in [6, 6.07) is 4.12. The summed E-state index contributed by atoms with van der Waals surface area (Å²) in [5, 5.41) is 29.0. The fourth-order valence-electron chi connectivity index (χ4n) is 2.29. The Balaban J connectivity index is 3.13. The average Bonchev–Trinajstić information content (AvgIpc) is 2.37. The Kier molecular flexibility index (Phi) is 6.36. The molecule has 0 aliphatic rings. The smallest absolute Gasteiger partial charge is 0.123 e. The van der Waals surface area contributed by atoms with E-state index in [4.69, 9.17) is 5.11 Å². The van der Waals surface area contributed by atoms with Crippen molar-refractivity contribution in [1.29, 1.82) is 0 Å². The van der Waals surface area contributed by atoms with E-state index < -0.39 is 6.10 Å². The number of rotatable bonds is 5. The second-order valence-corrected chi connectivity index (χ2v) is 8.92. The Labute approximate surface area is 138 Å². The molecule has 22 heavy (non-hydrogen) atoms.